The first-order valence-corrected chi connectivity index (χ1v) is 6.85. The fourth-order valence-electron chi connectivity index (χ4n) is 3.44. The standard InChI is InChI=1S/C13H22N2O/c16-13(15-10-2-1-3-10)8-9-6-11-4-5-12(7-9)14-11/h9-12,14H,1-8H2,(H,15,16). The highest BCUT2D eigenvalue weighted by atomic mass is 16.1. The maximum absolute atomic E-state index is 11.8. The molecule has 1 aliphatic carbocycles. The SMILES string of the molecule is O=C(CC1CC2CCC(C1)N2)NC1CCC1. The van der Waals surface area contributed by atoms with Gasteiger partial charge in [-0.2, -0.15) is 0 Å². The van der Waals surface area contributed by atoms with Gasteiger partial charge in [0.2, 0.25) is 5.91 Å². The van der Waals surface area contributed by atoms with E-state index < -0.39 is 0 Å². The first kappa shape index (κ1) is 10.6. The molecule has 3 fully saturated rings. The van der Waals surface area contributed by atoms with Crippen molar-refractivity contribution in [3.05, 3.63) is 0 Å². The number of carbonyl (C=O) groups is 1. The maximum atomic E-state index is 11.8. The smallest absolute Gasteiger partial charge is 0.220 e. The highest BCUT2D eigenvalue weighted by Gasteiger charge is 2.34. The van der Waals surface area contributed by atoms with E-state index in [4.69, 9.17) is 0 Å². The van der Waals surface area contributed by atoms with Crippen molar-refractivity contribution in [1.29, 1.82) is 0 Å². The average molecular weight is 222 g/mol. The summed E-state index contributed by atoms with van der Waals surface area (Å²) in [6.07, 6.45) is 9.54. The van der Waals surface area contributed by atoms with Gasteiger partial charge in [0, 0.05) is 24.5 Å². The molecule has 1 amide bonds. The van der Waals surface area contributed by atoms with Crippen molar-refractivity contribution in [2.45, 2.75) is 69.5 Å². The van der Waals surface area contributed by atoms with Gasteiger partial charge in [0.15, 0.2) is 0 Å². The summed E-state index contributed by atoms with van der Waals surface area (Å²) in [5, 5.41) is 6.78. The third kappa shape index (κ3) is 2.24. The van der Waals surface area contributed by atoms with Crippen molar-refractivity contribution >= 4 is 5.91 Å². The Bertz CT molecular complexity index is 263. The molecule has 0 aromatic heterocycles. The minimum Gasteiger partial charge on any atom is -0.353 e. The lowest BCUT2D eigenvalue weighted by Gasteiger charge is -2.30. The van der Waals surface area contributed by atoms with Crippen molar-refractivity contribution < 1.29 is 4.79 Å². The third-order valence-corrected chi connectivity index (χ3v) is 4.52. The van der Waals surface area contributed by atoms with Crippen LogP contribution in [0.1, 0.15) is 51.4 Å². The van der Waals surface area contributed by atoms with Gasteiger partial charge in [0.25, 0.3) is 0 Å². The predicted octanol–water partition coefficient (Wildman–Crippen LogP) is 1.58. The quantitative estimate of drug-likeness (QED) is 0.761. The molecule has 0 aromatic carbocycles. The zero-order valence-electron chi connectivity index (χ0n) is 9.87. The number of hydrogen-bond donors (Lipinski definition) is 2. The maximum Gasteiger partial charge on any atom is 0.220 e. The van der Waals surface area contributed by atoms with Crippen LogP contribution in [0, 0.1) is 5.92 Å². The van der Waals surface area contributed by atoms with Crippen LogP contribution in [0.2, 0.25) is 0 Å². The minimum atomic E-state index is 0.302. The van der Waals surface area contributed by atoms with Crippen molar-refractivity contribution in [2.75, 3.05) is 0 Å². The average Bonchev–Trinajstić information content (AvgIpc) is 2.52. The van der Waals surface area contributed by atoms with Crippen LogP contribution in [0.25, 0.3) is 0 Å². The summed E-state index contributed by atoms with van der Waals surface area (Å²) in [6.45, 7) is 0. The summed E-state index contributed by atoms with van der Waals surface area (Å²) in [4.78, 5) is 11.8. The van der Waals surface area contributed by atoms with Crippen LogP contribution in [0.4, 0.5) is 0 Å². The molecule has 2 aliphatic heterocycles. The molecule has 2 atom stereocenters. The van der Waals surface area contributed by atoms with Crippen molar-refractivity contribution in [3.63, 3.8) is 0 Å². The fraction of sp³-hybridized carbons (Fsp3) is 0.923. The van der Waals surface area contributed by atoms with Crippen LogP contribution in [-0.2, 0) is 4.79 Å². The molecule has 90 valence electrons. The molecule has 16 heavy (non-hydrogen) atoms. The second-order valence-corrected chi connectivity index (χ2v) is 5.87. The lowest BCUT2D eigenvalue weighted by atomic mass is 9.88. The van der Waals surface area contributed by atoms with E-state index in [1.165, 1.54) is 44.9 Å². The Hall–Kier alpha value is -0.570. The lowest BCUT2D eigenvalue weighted by Crippen LogP contribution is -2.43. The molecule has 0 spiro atoms. The van der Waals surface area contributed by atoms with Gasteiger partial charge in [-0.1, -0.05) is 0 Å². The van der Waals surface area contributed by atoms with Gasteiger partial charge in [0.1, 0.15) is 0 Å². The third-order valence-electron chi connectivity index (χ3n) is 4.52. The molecule has 2 N–H and O–H groups in total. The van der Waals surface area contributed by atoms with Gasteiger partial charge < -0.3 is 10.6 Å². The summed E-state index contributed by atoms with van der Waals surface area (Å²) in [5.41, 5.74) is 0. The fourth-order valence-corrected chi connectivity index (χ4v) is 3.44. The van der Waals surface area contributed by atoms with Crippen molar-refractivity contribution in [1.82, 2.24) is 10.6 Å². The molecule has 3 heteroatoms. The Labute approximate surface area is 97.4 Å². The number of fused-ring (bicyclic) bond motifs is 2. The van der Waals surface area contributed by atoms with Crippen LogP contribution in [0.3, 0.4) is 0 Å². The van der Waals surface area contributed by atoms with Crippen LogP contribution < -0.4 is 10.6 Å². The highest BCUT2D eigenvalue weighted by Crippen LogP contribution is 2.32. The van der Waals surface area contributed by atoms with Gasteiger partial charge in [-0.15, -0.1) is 0 Å². The van der Waals surface area contributed by atoms with Gasteiger partial charge in [-0.3, -0.25) is 4.79 Å². The summed E-state index contributed by atoms with van der Waals surface area (Å²) >= 11 is 0. The van der Waals surface area contributed by atoms with E-state index in [2.05, 4.69) is 10.6 Å². The number of rotatable bonds is 3. The Morgan fingerprint density at radius 3 is 2.38 bits per heavy atom. The molecular formula is C13H22N2O. The molecule has 3 aliphatic rings. The van der Waals surface area contributed by atoms with E-state index in [1.807, 2.05) is 0 Å². The van der Waals surface area contributed by atoms with Gasteiger partial charge in [-0.25, -0.2) is 0 Å². The number of carbonyl (C=O) groups excluding carboxylic acids is 1. The van der Waals surface area contributed by atoms with Gasteiger partial charge in [-0.05, 0) is 50.9 Å². The Morgan fingerprint density at radius 2 is 1.81 bits per heavy atom. The van der Waals surface area contributed by atoms with E-state index in [1.54, 1.807) is 0 Å². The second kappa shape index (κ2) is 4.36. The summed E-state index contributed by atoms with van der Waals surface area (Å²) in [6, 6.07) is 1.92. The van der Waals surface area contributed by atoms with Crippen LogP contribution in [0.5, 0.6) is 0 Å². The van der Waals surface area contributed by atoms with E-state index >= 15 is 0 Å². The summed E-state index contributed by atoms with van der Waals surface area (Å²) in [5.74, 6) is 0.940. The molecule has 0 aromatic rings. The molecule has 2 saturated heterocycles. The first-order chi connectivity index (χ1) is 7.79. The second-order valence-electron chi connectivity index (χ2n) is 5.87. The van der Waals surface area contributed by atoms with Crippen LogP contribution >= 0.6 is 0 Å². The first-order valence-electron chi connectivity index (χ1n) is 6.85. The molecule has 3 rings (SSSR count). The minimum absolute atomic E-state index is 0.302. The summed E-state index contributed by atoms with van der Waals surface area (Å²) in [7, 11) is 0. The molecule has 1 saturated carbocycles. The molecule has 0 radical (unpaired) electrons. The zero-order chi connectivity index (χ0) is 11.0. The topological polar surface area (TPSA) is 41.1 Å². The van der Waals surface area contributed by atoms with Crippen molar-refractivity contribution in [3.8, 4) is 0 Å². The molecular weight excluding hydrogens is 200 g/mol. The molecule has 3 nitrogen and oxygen atoms in total. The largest absolute Gasteiger partial charge is 0.353 e. The highest BCUT2D eigenvalue weighted by molar-refractivity contribution is 5.76. The molecule has 2 unspecified atom stereocenters. The molecule has 2 bridgehead atoms. The van der Waals surface area contributed by atoms with E-state index in [0.29, 0.717) is 30.0 Å². The summed E-state index contributed by atoms with van der Waals surface area (Å²) < 4.78 is 0. The lowest BCUT2D eigenvalue weighted by molar-refractivity contribution is -0.123. The predicted molar refractivity (Wildman–Crippen MR) is 63.1 cm³/mol. The van der Waals surface area contributed by atoms with Gasteiger partial charge >= 0.3 is 0 Å². The van der Waals surface area contributed by atoms with Crippen molar-refractivity contribution in [2.24, 2.45) is 5.92 Å². The Morgan fingerprint density at radius 1 is 1.12 bits per heavy atom. The number of piperidine rings is 1. The number of hydrogen-bond acceptors (Lipinski definition) is 2. The monoisotopic (exact) mass is 222 g/mol. The van der Waals surface area contributed by atoms with E-state index in [0.717, 1.165) is 6.42 Å². The van der Waals surface area contributed by atoms with Gasteiger partial charge in [0.05, 0.1) is 0 Å². The van der Waals surface area contributed by atoms with Crippen LogP contribution in [-0.4, -0.2) is 24.0 Å². The normalized spacial score (nSPS) is 38.1. The van der Waals surface area contributed by atoms with Crippen LogP contribution in [0.15, 0.2) is 0 Å². The zero-order valence-corrected chi connectivity index (χ0v) is 9.87. The number of amides is 1. The van der Waals surface area contributed by atoms with E-state index in [9.17, 15) is 4.79 Å². The number of nitrogens with one attached hydrogen (secondary N) is 2. The van der Waals surface area contributed by atoms with E-state index in [-0.39, 0.29) is 0 Å². The Balaban J connectivity index is 1.45. The molecule has 2 heterocycles. The Kier molecular flexibility index (Phi) is 2.88.